The first-order valence-corrected chi connectivity index (χ1v) is 9.10. The Balaban J connectivity index is 1.48. The molecule has 2 saturated heterocycles. The van der Waals surface area contributed by atoms with Crippen molar-refractivity contribution < 1.29 is 27.4 Å². The molecule has 0 radical (unpaired) electrons. The van der Waals surface area contributed by atoms with Crippen LogP contribution in [0.3, 0.4) is 0 Å². The Hall–Kier alpha value is -2.81. The Labute approximate surface area is 165 Å². The number of pyridine rings is 1. The van der Waals surface area contributed by atoms with Gasteiger partial charge in [0.25, 0.3) is 5.91 Å². The van der Waals surface area contributed by atoms with Gasteiger partial charge in [0.15, 0.2) is 0 Å². The molecule has 2 aromatic rings. The van der Waals surface area contributed by atoms with Gasteiger partial charge in [-0.3, -0.25) is 4.79 Å². The van der Waals surface area contributed by atoms with E-state index in [0.717, 1.165) is 18.0 Å². The second-order valence-corrected chi connectivity index (χ2v) is 7.43. The van der Waals surface area contributed by atoms with Crippen LogP contribution in [-0.2, 0) is 15.7 Å². The number of benzene rings is 1. The maximum Gasteiger partial charge on any atom is 0.417 e. The van der Waals surface area contributed by atoms with Crippen molar-refractivity contribution in [3.05, 3.63) is 48.2 Å². The number of aromatic nitrogens is 1. The molecule has 1 aromatic heterocycles. The molecule has 0 unspecified atom stereocenters. The van der Waals surface area contributed by atoms with Crippen molar-refractivity contribution >= 4 is 17.4 Å². The molecule has 1 spiro atoms. The fourth-order valence-electron chi connectivity index (χ4n) is 3.76. The maximum absolute atomic E-state index is 12.7. The molecule has 0 bridgehead atoms. The summed E-state index contributed by atoms with van der Waals surface area (Å²) in [6.45, 7) is 1.96. The summed E-state index contributed by atoms with van der Waals surface area (Å²) in [4.78, 5) is 20.1. The van der Waals surface area contributed by atoms with E-state index in [4.69, 9.17) is 9.47 Å². The molecule has 9 heteroatoms. The highest BCUT2D eigenvalue weighted by Gasteiger charge is 2.47. The Morgan fingerprint density at radius 1 is 1.10 bits per heavy atom. The van der Waals surface area contributed by atoms with Crippen LogP contribution in [0.15, 0.2) is 42.6 Å². The van der Waals surface area contributed by atoms with Gasteiger partial charge in [0.1, 0.15) is 18.2 Å². The van der Waals surface area contributed by atoms with Crippen LogP contribution in [0.2, 0.25) is 0 Å². The van der Waals surface area contributed by atoms with Gasteiger partial charge in [0.2, 0.25) is 0 Å². The predicted octanol–water partition coefficient (Wildman–Crippen LogP) is 2.98. The number of hydrogen-bond acceptors (Lipinski definition) is 5. The van der Waals surface area contributed by atoms with Gasteiger partial charge in [-0.05, 0) is 36.4 Å². The van der Waals surface area contributed by atoms with Crippen LogP contribution in [0.1, 0.15) is 5.56 Å². The molecule has 1 amide bonds. The monoisotopic (exact) mass is 407 g/mol. The number of nitrogens with zero attached hydrogens (tertiary/aromatic N) is 3. The predicted molar refractivity (Wildman–Crippen MR) is 100 cm³/mol. The van der Waals surface area contributed by atoms with Gasteiger partial charge in [-0.2, -0.15) is 13.2 Å². The Morgan fingerprint density at radius 2 is 1.83 bits per heavy atom. The van der Waals surface area contributed by atoms with E-state index >= 15 is 0 Å². The molecule has 1 aromatic carbocycles. The number of amides is 1. The van der Waals surface area contributed by atoms with Gasteiger partial charge in [-0.1, -0.05) is 0 Å². The SMILES string of the molecule is COc1ccc(N2CC3(COCC2=O)CN(c2ccc(C(F)(F)F)cn2)C3)cc1. The number of methoxy groups -OCH3 is 1. The van der Waals surface area contributed by atoms with E-state index < -0.39 is 11.7 Å². The smallest absolute Gasteiger partial charge is 0.417 e. The van der Waals surface area contributed by atoms with Crippen molar-refractivity contribution in [3.8, 4) is 5.75 Å². The van der Waals surface area contributed by atoms with E-state index in [9.17, 15) is 18.0 Å². The third kappa shape index (κ3) is 3.87. The fraction of sp³-hybridized carbons (Fsp3) is 0.400. The normalized spacial score (nSPS) is 19.1. The van der Waals surface area contributed by atoms with Crippen molar-refractivity contribution in [2.75, 3.05) is 49.8 Å². The van der Waals surface area contributed by atoms with E-state index in [1.54, 1.807) is 24.1 Å². The summed E-state index contributed by atoms with van der Waals surface area (Å²) < 4.78 is 48.9. The summed E-state index contributed by atoms with van der Waals surface area (Å²) in [6, 6.07) is 9.64. The standard InChI is InChI=1S/C20H20F3N3O3/c1-28-16-5-3-15(4-6-16)26-12-19(13-29-9-18(26)27)10-25(11-19)17-7-2-14(8-24-17)20(21,22)23/h2-8H,9-13H2,1H3. The van der Waals surface area contributed by atoms with Crippen LogP contribution in [-0.4, -0.2) is 50.8 Å². The fourth-order valence-corrected chi connectivity index (χ4v) is 3.76. The molecule has 4 rings (SSSR count). The summed E-state index contributed by atoms with van der Waals surface area (Å²) in [5.74, 6) is 1.05. The quantitative estimate of drug-likeness (QED) is 0.783. The Morgan fingerprint density at radius 3 is 2.41 bits per heavy atom. The number of alkyl halides is 3. The third-order valence-electron chi connectivity index (χ3n) is 5.26. The lowest BCUT2D eigenvalue weighted by Crippen LogP contribution is -2.63. The van der Waals surface area contributed by atoms with Gasteiger partial charge in [-0.25, -0.2) is 4.98 Å². The van der Waals surface area contributed by atoms with Crippen LogP contribution >= 0.6 is 0 Å². The molecular formula is C20H20F3N3O3. The highest BCUT2D eigenvalue weighted by Crippen LogP contribution is 2.38. The molecule has 29 heavy (non-hydrogen) atoms. The van der Waals surface area contributed by atoms with Gasteiger partial charge in [-0.15, -0.1) is 0 Å². The van der Waals surface area contributed by atoms with Gasteiger partial charge in [0.05, 0.1) is 19.3 Å². The summed E-state index contributed by atoms with van der Waals surface area (Å²) in [5, 5.41) is 0. The molecular weight excluding hydrogens is 387 g/mol. The van der Waals surface area contributed by atoms with Gasteiger partial charge < -0.3 is 19.3 Å². The highest BCUT2D eigenvalue weighted by molar-refractivity contribution is 5.94. The number of ether oxygens (including phenoxy) is 2. The molecule has 154 valence electrons. The van der Waals surface area contributed by atoms with Gasteiger partial charge >= 0.3 is 6.18 Å². The van der Waals surface area contributed by atoms with Crippen LogP contribution in [0.5, 0.6) is 5.75 Å². The molecule has 0 N–H and O–H groups in total. The number of anilines is 2. The molecule has 0 atom stereocenters. The van der Waals surface area contributed by atoms with Crippen molar-refractivity contribution in [2.24, 2.45) is 5.41 Å². The second-order valence-electron chi connectivity index (χ2n) is 7.43. The van der Waals surface area contributed by atoms with Crippen molar-refractivity contribution in [1.82, 2.24) is 4.98 Å². The average Bonchev–Trinajstić information content (AvgIpc) is 2.85. The van der Waals surface area contributed by atoms with Crippen LogP contribution in [0.25, 0.3) is 0 Å². The summed E-state index contributed by atoms with van der Waals surface area (Å²) in [5.41, 5.74) is -0.312. The zero-order valence-electron chi connectivity index (χ0n) is 15.8. The minimum absolute atomic E-state index is 0.00763. The van der Waals surface area contributed by atoms with E-state index in [-0.39, 0.29) is 17.9 Å². The Bertz CT molecular complexity index is 879. The lowest BCUT2D eigenvalue weighted by molar-refractivity contribution is -0.137. The maximum atomic E-state index is 12.7. The molecule has 0 saturated carbocycles. The molecule has 0 aliphatic carbocycles. The van der Waals surface area contributed by atoms with Crippen molar-refractivity contribution in [1.29, 1.82) is 0 Å². The lowest BCUT2D eigenvalue weighted by atomic mass is 9.80. The van der Waals surface area contributed by atoms with Crippen LogP contribution in [0, 0.1) is 5.41 Å². The molecule has 6 nitrogen and oxygen atoms in total. The number of rotatable bonds is 3. The molecule has 2 aliphatic heterocycles. The highest BCUT2D eigenvalue weighted by atomic mass is 19.4. The second kappa shape index (κ2) is 7.22. The largest absolute Gasteiger partial charge is 0.497 e. The first-order chi connectivity index (χ1) is 13.8. The third-order valence-corrected chi connectivity index (χ3v) is 5.26. The lowest BCUT2D eigenvalue weighted by Gasteiger charge is -2.51. The minimum atomic E-state index is -4.41. The van der Waals surface area contributed by atoms with E-state index in [2.05, 4.69) is 4.98 Å². The van der Waals surface area contributed by atoms with Crippen molar-refractivity contribution in [2.45, 2.75) is 6.18 Å². The van der Waals surface area contributed by atoms with Gasteiger partial charge in [0, 0.05) is 36.9 Å². The van der Waals surface area contributed by atoms with Crippen LogP contribution < -0.4 is 14.5 Å². The van der Waals surface area contributed by atoms with E-state index in [1.807, 2.05) is 17.0 Å². The van der Waals surface area contributed by atoms with E-state index in [0.29, 0.717) is 37.8 Å². The number of carbonyl (C=O) groups is 1. The summed E-state index contributed by atoms with van der Waals surface area (Å²) >= 11 is 0. The zero-order chi connectivity index (χ0) is 20.6. The van der Waals surface area contributed by atoms with E-state index in [1.165, 1.54) is 6.07 Å². The average molecular weight is 407 g/mol. The zero-order valence-corrected chi connectivity index (χ0v) is 15.8. The number of hydrogen-bond donors (Lipinski definition) is 0. The number of halogens is 3. The Kier molecular flexibility index (Phi) is 4.85. The first kappa shape index (κ1) is 19.5. The minimum Gasteiger partial charge on any atom is -0.497 e. The summed E-state index contributed by atoms with van der Waals surface area (Å²) in [6.07, 6.45) is -3.56. The number of carbonyl (C=O) groups excluding carboxylic acids is 1. The summed E-state index contributed by atoms with van der Waals surface area (Å²) in [7, 11) is 1.58. The first-order valence-electron chi connectivity index (χ1n) is 9.10. The molecule has 3 heterocycles. The van der Waals surface area contributed by atoms with Crippen molar-refractivity contribution in [3.63, 3.8) is 0 Å². The molecule has 2 aliphatic rings. The topological polar surface area (TPSA) is 54.9 Å². The van der Waals surface area contributed by atoms with Crippen LogP contribution in [0.4, 0.5) is 24.7 Å². The molecule has 2 fully saturated rings.